The quantitative estimate of drug-likeness (QED) is 0.648. The van der Waals surface area contributed by atoms with Crippen LogP contribution in [0, 0.1) is 12.8 Å². The maximum atomic E-state index is 13.1. The summed E-state index contributed by atoms with van der Waals surface area (Å²) in [6.07, 6.45) is 5.35. The van der Waals surface area contributed by atoms with E-state index < -0.39 is 10.0 Å². The molecule has 0 unspecified atom stereocenters. The molecule has 1 fully saturated rings. The van der Waals surface area contributed by atoms with E-state index in [0.29, 0.717) is 44.0 Å². The molecule has 1 N–H and O–H groups in total. The topological polar surface area (TPSA) is 75.7 Å². The lowest BCUT2D eigenvalue weighted by molar-refractivity contribution is -0.126. The summed E-state index contributed by atoms with van der Waals surface area (Å²) >= 11 is 0. The molecule has 32 heavy (non-hydrogen) atoms. The van der Waals surface area contributed by atoms with Crippen LogP contribution in [0.15, 0.2) is 47.4 Å². The molecule has 1 aliphatic heterocycles. The summed E-state index contributed by atoms with van der Waals surface area (Å²) in [6, 6.07) is 13.4. The Hall–Kier alpha value is -2.38. The van der Waals surface area contributed by atoms with Gasteiger partial charge < -0.3 is 10.1 Å². The smallest absolute Gasteiger partial charge is 0.243 e. The second-order valence-electron chi connectivity index (χ2n) is 8.77. The second kappa shape index (κ2) is 10.0. The highest BCUT2D eigenvalue weighted by Gasteiger charge is 2.32. The van der Waals surface area contributed by atoms with Crippen molar-refractivity contribution < 1.29 is 17.9 Å². The van der Waals surface area contributed by atoms with Crippen molar-refractivity contribution in [1.29, 1.82) is 0 Å². The van der Waals surface area contributed by atoms with E-state index >= 15 is 0 Å². The van der Waals surface area contributed by atoms with Gasteiger partial charge in [0.2, 0.25) is 15.9 Å². The first-order chi connectivity index (χ1) is 15.4. The van der Waals surface area contributed by atoms with Crippen molar-refractivity contribution in [1.82, 2.24) is 9.62 Å². The number of fused-ring (bicyclic) bond motifs is 1. The largest absolute Gasteiger partial charge is 0.492 e. The number of ether oxygens (including phenoxy) is 1. The fraction of sp³-hybridized carbons (Fsp3) is 0.480. The zero-order valence-corrected chi connectivity index (χ0v) is 19.5. The average Bonchev–Trinajstić information content (AvgIpc) is 2.82. The molecule has 2 aromatic rings. The maximum absolute atomic E-state index is 13.1. The monoisotopic (exact) mass is 456 g/mol. The molecule has 4 rings (SSSR count). The van der Waals surface area contributed by atoms with Crippen LogP contribution in [0.25, 0.3) is 0 Å². The highest BCUT2D eigenvalue weighted by molar-refractivity contribution is 7.89. The van der Waals surface area contributed by atoms with Crippen molar-refractivity contribution in [2.45, 2.75) is 50.3 Å². The van der Waals surface area contributed by atoms with Crippen LogP contribution in [-0.4, -0.2) is 44.9 Å². The molecule has 0 saturated carbocycles. The number of hydrogen-bond acceptors (Lipinski definition) is 4. The fourth-order valence-electron chi connectivity index (χ4n) is 4.50. The summed E-state index contributed by atoms with van der Waals surface area (Å²) in [5.41, 5.74) is 3.61. The van der Waals surface area contributed by atoms with Gasteiger partial charge in [0.15, 0.2) is 0 Å². The molecule has 6 nitrogen and oxygen atoms in total. The Kier molecular flexibility index (Phi) is 7.16. The molecule has 0 bridgehead atoms. The number of hydrogen-bond donors (Lipinski definition) is 1. The van der Waals surface area contributed by atoms with E-state index in [2.05, 4.69) is 5.32 Å². The van der Waals surface area contributed by atoms with Crippen molar-refractivity contribution in [2.75, 3.05) is 26.2 Å². The number of rotatable bonds is 7. The Morgan fingerprint density at radius 2 is 1.72 bits per heavy atom. The lowest BCUT2D eigenvalue weighted by atomic mass is 9.92. The van der Waals surface area contributed by atoms with Crippen LogP contribution in [0.1, 0.15) is 42.4 Å². The van der Waals surface area contributed by atoms with Gasteiger partial charge in [0.25, 0.3) is 0 Å². The van der Waals surface area contributed by atoms with Gasteiger partial charge in [0.1, 0.15) is 12.4 Å². The van der Waals surface area contributed by atoms with Crippen molar-refractivity contribution in [2.24, 2.45) is 5.92 Å². The molecule has 2 aromatic carbocycles. The number of benzene rings is 2. The highest BCUT2D eigenvalue weighted by Crippen LogP contribution is 2.28. The SMILES string of the molecule is Cc1ccc(OCCNC(=O)C2CCN(S(=O)(=O)c3ccc4c(c3)CCCC4)CC2)cc1. The third-order valence-electron chi connectivity index (χ3n) is 6.47. The first-order valence-corrected chi connectivity index (χ1v) is 13.0. The van der Waals surface area contributed by atoms with Gasteiger partial charge in [0, 0.05) is 19.0 Å². The van der Waals surface area contributed by atoms with Crippen LogP contribution in [-0.2, 0) is 27.7 Å². The molecule has 0 spiro atoms. The molecule has 7 heteroatoms. The van der Waals surface area contributed by atoms with Gasteiger partial charge in [-0.25, -0.2) is 8.42 Å². The summed E-state index contributed by atoms with van der Waals surface area (Å²) < 4.78 is 33.4. The van der Waals surface area contributed by atoms with Gasteiger partial charge in [-0.1, -0.05) is 23.8 Å². The average molecular weight is 457 g/mol. The van der Waals surface area contributed by atoms with Gasteiger partial charge in [0.05, 0.1) is 11.4 Å². The fourth-order valence-corrected chi connectivity index (χ4v) is 6.02. The van der Waals surface area contributed by atoms with Crippen LogP contribution in [0.4, 0.5) is 0 Å². The summed E-state index contributed by atoms with van der Waals surface area (Å²) in [5, 5.41) is 2.92. The third kappa shape index (κ3) is 5.33. The van der Waals surface area contributed by atoms with Gasteiger partial charge in [-0.15, -0.1) is 0 Å². The number of aryl methyl sites for hydroxylation is 3. The van der Waals surface area contributed by atoms with Gasteiger partial charge in [-0.3, -0.25) is 4.79 Å². The predicted octanol–water partition coefficient (Wildman–Crippen LogP) is 3.47. The molecule has 2 aliphatic rings. The number of amides is 1. The zero-order valence-electron chi connectivity index (χ0n) is 18.7. The summed E-state index contributed by atoms with van der Waals surface area (Å²) in [6.45, 7) is 3.60. The van der Waals surface area contributed by atoms with Crippen LogP contribution in [0.2, 0.25) is 0 Å². The van der Waals surface area contributed by atoms with E-state index in [1.165, 1.54) is 27.4 Å². The van der Waals surface area contributed by atoms with Crippen LogP contribution >= 0.6 is 0 Å². The minimum atomic E-state index is -3.52. The third-order valence-corrected chi connectivity index (χ3v) is 8.37. The lowest BCUT2D eigenvalue weighted by Crippen LogP contribution is -2.43. The van der Waals surface area contributed by atoms with Gasteiger partial charge in [-0.05, 0) is 80.8 Å². The molecule has 0 aromatic heterocycles. The number of carbonyl (C=O) groups excluding carboxylic acids is 1. The van der Waals surface area contributed by atoms with Crippen LogP contribution in [0.3, 0.4) is 0 Å². The zero-order chi connectivity index (χ0) is 22.6. The molecule has 1 saturated heterocycles. The molecule has 0 atom stereocenters. The number of piperidine rings is 1. The van der Waals surface area contributed by atoms with E-state index in [4.69, 9.17) is 4.74 Å². The van der Waals surface area contributed by atoms with E-state index in [1.54, 1.807) is 6.07 Å². The minimum Gasteiger partial charge on any atom is -0.492 e. The number of nitrogens with zero attached hydrogens (tertiary/aromatic N) is 1. The lowest BCUT2D eigenvalue weighted by Gasteiger charge is -2.31. The Morgan fingerprint density at radius 1 is 1.03 bits per heavy atom. The van der Waals surface area contributed by atoms with E-state index in [1.807, 2.05) is 43.3 Å². The normalized spacial score (nSPS) is 17.5. The summed E-state index contributed by atoms with van der Waals surface area (Å²) in [5.74, 6) is 0.596. The predicted molar refractivity (Wildman–Crippen MR) is 124 cm³/mol. The highest BCUT2D eigenvalue weighted by atomic mass is 32.2. The van der Waals surface area contributed by atoms with Crippen molar-refractivity contribution >= 4 is 15.9 Å². The van der Waals surface area contributed by atoms with Gasteiger partial charge in [-0.2, -0.15) is 4.31 Å². The summed E-state index contributed by atoms with van der Waals surface area (Å²) in [7, 11) is -3.52. The van der Waals surface area contributed by atoms with E-state index in [9.17, 15) is 13.2 Å². The standard InChI is InChI=1S/C25H32N2O4S/c1-19-6-9-23(10-7-19)31-17-14-26-25(28)21-12-15-27(16-13-21)32(29,30)24-11-8-20-4-2-3-5-22(20)18-24/h6-11,18,21H,2-5,12-17H2,1H3,(H,26,28). The minimum absolute atomic E-state index is 0.0247. The second-order valence-corrected chi connectivity index (χ2v) is 10.7. The molecular formula is C25H32N2O4S. The van der Waals surface area contributed by atoms with Crippen LogP contribution < -0.4 is 10.1 Å². The van der Waals surface area contributed by atoms with Crippen molar-refractivity contribution in [3.8, 4) is 5.75 Å². The Bertz CT molecular complexity index is 1040. The molecule has 0 radical (unpaired) electrons. The van der Waals surface area contributed by atoms with Crippen LogP contribution in [0.5, 0.6) is 5.75 Å². The molecular weight excluding hydrogens is 424 g/mol. The molecule has 1 aliphatic carbocycles. The summed E-state index contributed by atoms with van der Waals surface area (Å²) in [4.78, 5) is 12.9. The van der Waals surface area contributed by atoms with Crippen molar-refractivity contribution in [3.05, 3.63) is 59.2 Å². The Balaban J connectivity index is 1.25. The van der Waals surface area contributed by atoms with Crippen molar-refractivity contribution in [3.63, 3.8) is 0 Å². The van der Waals surface area contributed by atoms with Gasteiger partial charge >= 0.3 is 0 Å². The molecule has 1 amide bonds. The maximum Gasteiger partial charge on any atom is 0.243 e. The number of carbonyl (C=O) groups is 1. The first kappa shape index (κ1) is 22.8. The van der Waals surface area contributed by atoms with E-state index in [-0.39, 0.29) is 11.8 Å². The number of nitrogens with one attached hydrogen (secondary N) is 1. The van der Waals surface area contributed by atoms with E-state index in [0.717, 1.165) is 25.0 Å². The molecule has 1 heterocycles. The first-order valence-electron chi connectivity index (χ1n) is 11.5. The Morgan fingerprint density at radius 3 is 2.44 bits per heavy atom. The molecule has 172 valence electrons. The Labute approximate surface area is 191 Å². The number of sulfonamides is 1.